The van der Waals surface area contributed by atoms with Crippen LogP contribution in [0.5, 0.6) is 0 Å². The largest absolute Gasteiger partial charge is 0.394 e. The summed E-state index contributed by atoms with van der Waals surface area (Å²) in [4.78, 5) is 0. The highest BCUT2D eigenvalue weighted by Crippen LogP contribution is 2.71. The van der Waals surface area contributed by atoms with Crippen molar-refractivity contribution in [2.45, 2.75) is 202 Å². The van der Waals surface area contributed by atoms with Crippen LogP contribution >= 0.6 is 0 Å². The SMILES string of the molecule is C[C@H](CC[C@@]1(O)OC2C[C@H]3[C@@H]4CC[C@H]5C[C@@H](O[C@@H]6O[C@H](CO)[C@H](O)[C@H](O)[C@H]6O[C@@H]6O[C@H](CO)[C@@H](O)[C@H](O)[C@H]6O)CC[C@]5(C)[C@H]4CC[C@]3(C)C2[C@@H]1C)CO[C@@H]1O[C@H](CO)[C@@H](O)[C@H](O)[C@H]1O. The Balaban J connectivity index is 0.869. The molecule has 19 nitrogen and oxygen atoms in total. The van der Waals surface area contributed by atoms with Gasteiger partial charge in [-0.2, -0.15) is 0 Å². The molecule has 370 valence electrons. The number of ether oxygens (including phenoxy) is 7. The van der Waals surface area contributed by atoms with Crippen LogP contribution < -0.4 is 0 Å². The van der Waals surface area contributed by atoms with E-state index in [1.54, 1.807) is 0 Å². The van der Waals surface area contributed by atoms with Gasteiger partial charge >= 0.3 is 0 Å². The van der Waals surface area contributed by atoms with E-state index in [4.69, 9.17) is 33.2 Å². The quantitative estimate of drug-likeness (QED) is 0.0909. The molecule has 4 aliphatic heterocycles. The third-order valence-electron chi connectivity index (χ3n) is 18.0. The Labute approximate surface area is 374 Å². The molecular formula is C45H76O19. The van der Waals surface area contributed by atoms with Crippen molar-refractivity contribution in [1.82, 2.24) is 0 Å². The van der Waals surface area contributed by atoms with Crippen molar-refractivity contribution in [1.29, 1.82) is 0 Å². The molecule has 4 saturated carbocycles. The average molecular weight is 921 g/mol. The molecule has 8 rings (SSSR count). The lowest BCUT2D eigenvalue weighted by Gasteiger charge is -2.61. The van der Waals surface area contributed by atoms with Crippen LogP contribution in [0.4, 0.5) is 0 Å². The van der Waals surface area contributed by atoms with Crippen molar-refractivity contribution in [2.24, 2.45) is 52.3 Å². The lowest BCUT2D eigenvalue weighted by atomic mass is 9.44. The minimum atomic E-state index is -1.75. The standard InChI is InChI=1S/C45H76O19/c1-19(18-58-40-37(55)34(52)31(49)27(15-46)60-40)7-12-45(57)20(2)30-26(64-45)14-25-23-6-5-21-13-22(8-10-43(21,3)24(23)9-11-44(25,30)4)59-42-39(36(54)33(51)29(17-48)62-42)63-41-38(56)35(53)32(50)28(16-47)61-41/h19-42,46-57H,5-18H2,1-4H3/t19-,20+,21+,22+,23-,24+,25+,26?,27-,28-,29-,30?,31-,32-,33+,34+,35+,36+,37-,38-,39-,40-,41+,42-,43+,44+,45-/m1/s1. The maximum absolute atomic E-state index is 12.1. The molecule has 4 saturated heterocycles. The highest BCUT2D eigenvalue weighted by Gasteiger charge is 2.68. The minimum Gasteiger partial charge on any atom is -0.394 e. The highest BCUT2D eigenvalue weighted by molar-refractivity contribution is 5.15. The molecule has 0 amide bonds. The van der Waals surface area contributed by atoms with E-state index in [1.807, 2.05) is 6.92 Å². The summed E-state index contributed by atoms with van der Waals surface area (Å²) >= 11 is 0. The molecular weight excluding hydrogens is 844 g/mol. The van der Waals surface area contributed by atoms with E-state index < -0.39 is 118 Å². The Morgan fingerprint density at radius 2 is 1.20 bits per heavy atom. The van der Waals surface area contributed by atoms with E-state index in [9.17, 15) is 61.3 Å². The predicted octanol–water partition coefficient (Wildman–Crippen LogP) is -1.78. The molecule has 19 heteroatoms. The maximum Gasteiger partial charge on any atom is 0.187 e. The van der Waals surface area contributed by atoms with Crippen LogP contribution in [0.2, 0.25) is 0 Å². The van der Waals surface area contributed by atoms with Crippen molar-refractivity contribution in [2.75, 3.05) is 26.4 Å². The minimum absolute atomic E-state index is 0.00000712. The first-order valence-corrected chi connectivity index (χ1v) is 23.9. The number of fused-ring (bicyclic) bond motifs is 7. The van der Waals surface area contributed by atoms with E-state index in [1.165, 1.54) is 0 Å². The highest BCUT2D eigenvalue weighted by atomic mass is 16.8. The first-order chi connectivity index (χ1) is 30.3. The molecule has 0 aromatic rings. The van der Waals surface area contributed by atoms with Gasteiger partial charge in [-0.15, -0.1) is 0 Å². The van der Waals surface area contributed by atoms with Gasteiger partial charge in [-0.1, -0.05) is 27.7 Å². The van der Waals surface area contributed by atoms with Crippen LogP contribution in [-0.4, -0.2) is 198 Å². The monoisotopic (exact) mass is 920 g/mol. The van der Waals surface area contributed by atoms with Crippen molar-refractivity contribution in [3.63, 3.8) is 0 Å². The summed E-state index contributed by atoms with van der Waals surface area (Å²) < 4.78 is 42.0. The van der Waals surface area contributed by atoms with Gasteiger partial charge in [0.15, 0.2) is 24.7 Å². The van der Waals surface area contributed by atoms with Crippen LogP contribution in [0, 0.1) is 52.3 Å². The summed E-state index contributed by atoms with van der Waals surface area (Å²) in [5, 5.41) is 125. The van der Waals surface area contributed by atoms with Gasteiger partial charge in [-0.25, -0.2) is 0 Å². The van der Waals surface area contributed by atoms with Crippen LogP contribution in [-0.2, 0) is 33.2 Å². The molecule has 8 fully saturated rings. The zero-order valence-corrected chi connectivity index (χ0v) is 37.5. The molecule has 0 radical (unpaired) electrons. The first kappa shape index (κ1) is 49.7. The molecule has 4 aliphatic carbocycles. The predicted molar refractivity (Wildman–Crippen MR) is 219 cm³/mol. The number of hydrogen-bond acceptors (Lipinski definition) is 19. The van der Waals surface area contributed by atoms with Crippen LogP contribution in [0.25, 0.3) is 0 Å². The normalized spacial score (nSPS) is 55.6. The molecule has 12 N–H and O–H groups in total. The topological polar surface area (TPSA) is 307 Å². The summed E-state index contributed by atoms with van der Waals surface area (Å²) in [5.41, 5.74) is 0.0475. The Morgan fingerprint density at radius 3 is 1.84 bits per heavy atom. The summed E-state index contributed by atoms with van der Waals surface area (Å²) in [7, 11) is 0. The second-order valence-corrected chi connectivity index (χ2v) is 21.5. The van der Waals surface area contributed by atoms with Crippen molar-refractivity contribution < 1.29 is 94.4 Å². The number of hydrogen-bond donors (Lipinski definition) is 12. The average Bonchev–Trinajstić information content (AvgIpc) is 3.71. The van der Waals surface area contributed by atoms with E-state index in [2.05, 4.69) is 20.8 Å². The molecule has 64 heavy (non-hydrogen) atoms. The lowest BCUT2D eigenvalue weighted by molar-refractivity contribution is -0.373. The van der Waals surface area contributed by atoms with Gasteiger partial charge in [0.25, 0.3) is 0 Å². The molecule has 4 heterocycles. The Hall–Kier alpha value is -0.760. The fraction of sp³-hybridized carbons (Fsp3) is 1.00. The van der Waals surface area contributed by atoms with Gasteiger partial charge in [-0.05, 0) is 104 Å². The van der Waals surface area contributed by atoms with Gasteiger partial charge in [0.1, 0.15) is 73.2 Å². The van der Waals surface area contributed by atoms with Gasteiger partial charge in [0, 0.05) is 12.3 Å². The van der Waals surface area contributed by atoms with Crippen LogP contribution in [0.3, 0.4) is 0 Å². The van der Waals surface area contributed by atoms with Crippen LogP contribution in [0.15, 0.2) is 0 Å². The fourth-order valence-electron chi connectivity index (χ4n) is 14.2. The summed E-state index contributed by atoms with van der Waals surface area (Å²) in [6, 6.07) is 0. The van der Waals surface area contributed by atoms with E-state index >= 15 is 0 Å². The second kappa shape index (κ2) is 19.2. The van der Waals surface area contributed by atoms with Crippen LogP contribution in [0.1, 0.15) is 91.9 Å². The molecule has 0 aromatic heterocycles. The molecule has 8 aliphatic rings. The molecule has 2 unspecified atom stereocenters. The Bertz CT molecular complexity index is 1560. The van der Waals surface area contributed by atoms with Crippen molar-refractivity contribution >= 4 is 0 Å². The lowest BCUT2D eigenvalue weighted by Crippen LogP contribution is -2.65. The zero-order valence-electron chi connectivity index (χ0n) is 37.5. The Kier molecular flexibility index (Phi) is 14.9. The van der Waals surface area contributed by atoms with Crippen molar-refractivity contribution in [3.05, 3.63) is 0 Å². The Morgan fingerprint density at radius 1 is 0.625 bits per heavy atom. The number of aliphatic hydroxyl groups excluding tert-OH is 11. The third-order valence-corrected chi connectivity index (χ3v) is 18.0. The number of aliphatic hydroxyl groups is 12. The van der Waals surface area contributed by atoms with E-state index in [0.717, 1.165) is 44.9 Å². The van der Waals surface area contributed by atoms with Gasteiger partial charge in [0.2, 0.25) is 0 Å². The first-order valence-electron chi connectivity index (χ1n) is 23.9. The third kappa shape index (κ3) is 8.65. The number of rotatable bonds is 13. The maximum atomic E-state index is 12.1. The van der Waals surface area contributed by atoms with Gasteiger partial charge < -0.3 is 94.4 Å². The molecule has 0 aromatic carbocycles. The summed E-state index contributed by atoms with van der Waals surface area (Å²) in [6.07, 6.45) is -13.7. The summed E-state index contributed by atoms with van der Waals surface area (Å²) in [5.74, 6) is 0.532. The van der Waals surface area contributed by atoms with E-state index in [0.29, 0.717) is 42.9 Å². The molecule has 0 bridgehead atoms. The molecule has 0 spiro atoms. The fourth-order valence-corrected chi connectivity index (χ4v) is 14.2. The smallest absolute Gasteiger partial charge is 0.187 e. The zero-order chi connectivity index (χ0) is 46.2. The second-order valence-electron chi connectivity index (χ2n) is 21.5. The molecule has 27 atom stereocenters. The van der Waals surface area contributed by atoms with Gasteiger partial charge in [0.05, 0.1) is 38.6 Å². The van der Waals surface area contributed by atoms with Crippen molar-refractivity contribution in [3.8, 4) is 0 Å². The van der Waals surface area contributed by atoms with Gasteiger partial charge in [-0.3, -0.25) is 0 Å². The van der Waals surface area contributed by atoms with E-state index in [-0.39, 0.29) is 47.4 Å². The summed E-state index contributed by atoms with van der Waals surface area (Å²) in [6.45, 7) is 7.28.